The van der Waals surface area contributed by atoms with E-state index in [1.807, 2.05) is 0 Å². The molecule has 1 rings (SSSR count). The Hall–Kier alpha value is -0.260. The molecule has 0 bridgehead atoms. The maximum atomic E-state index is 4.96. The van der Waals surface area contributed by atoms with Crippen molar-refractivity contribution in [1.82, 2.24) is 0 Å². The molecule has 1 aromatic rings. The van der Waals surface area contributed by atoms with Crippen molar-refractivity contribution in [2.75, 3.05) is 71.8 Å². The maximum absolute atomic E-state index is 4.96. The molecule has 2 atom stereocenters. The molecule has 0 saturated heterocycles. The lowest BCUT2D eigenvalue weighted by Gasteiger charge is -2.30. The van der Waals surface area contributed by atoms with E-state index in [2.05, 4.69) is 125 Å². The fourth-order valence-electron chi connectivity index (χ4n) is 5.34. The quantitative estimate of drug-likeness (QED) is 0.247. The van der Waals surface area contributed by atoms with Crippen LogP contribution in [-0.2, 0) is 0 Å². The van der Waals surface area contributed by atoms with Gasteiger partial charge in [-0.2, -0.15) is 0 Å². The van der Waals surface area contributed by atoms with Crippen molar-refractivity contribution >= 4 is 27.5 Å². The van der Waals surface area contributed by atoms with Crippen LogP contribution in [0.4, 0.5) is 5.69 Å². The zero-order valence-corrected chi connectivity index (χ0v) is 28.5. The molecule has 0 N–H and O–H groups in total. The average Bonchev–Trinajstić information content (AvgIpc) is 2.66. The predicted molar refractivity (Wildman–Crippen MR) is 175 cm³/mol. The van der Waals surface area contributed by atoms with Crippen LogP contribution in [0.3, 0.4) is 0 Å². The minimum atomic E-state index is -1.18. The molecule has 0 aliphatic rings. The van der Waals surface area contributed by atoms with Gasteiger partial charge in [-0.05, 0) is 62.6 Å². The average molecular weight is 538 g/mol. The van der Waals surface area contributed by atoms with Crippen LogP contribution in [0.5, 0.6) is 0 Å². The van der Waals surface area contributed by atoms with Gasteiger partial charge in [0.05, 0.1) is 37.6 Å². The first-order chi connectivity index (χ1) is 15.8. The van der Waals surface area contributed by atoms with E-state index in [-0.39, 0.29) is 5.41 Å². The SMILES string of the molecule is CCC(C#[N+]c1c(C)cc(C)cc1C)(C=C[P+](C)(C)CC(C[P+](C)(C)C)C(C)C[P+](C)(C)C)CC. The first-order valence-corrected chi connectivity index (χ1v) is 23.1. The zero-order chi connectivity index (χ0) is 27.2. The van der Waals surface area contributed by atoms with Crippen LogP contribution < -0.4 is 0 Å². The fraction of sp³-hybridized carbons (Fsp3) is 0.710. The molecular weight excluding hydrogens is 479 g/mol. The monoisotopic (exact) mass is 537 g/mol. The van der Waals surface area contributed by atoms with Crippen molar-refractivity contribution in [3.05, 3.63) is 45.6 Å². The molecule has 2 unspecified atom stereocenters. The van der Waals surface area contributed by atoms with Gasteiger partial charge in [-0.1, -0.05) is 26.3 Å². The number of hydrogen-bond donors (Lipinski definition) is 0. The smallest absolute Gasteiger partial charge is 0.0634 e. The summed E-state index contributed by atoms with van der Waals surface area (Å²) < 4.78 is 0. The van der Waals surface area contributed by atoms with Crippen LogP contribution in [0.15, 0.2) is 24.0 Å². The van der Waals surface area contributed by atoms with E-state index in [9.17, 15) is 0 Å². The summed E-state index contributed by atoms with van der Waals surface area (Å²) in [6, 6.07) is 8.10. The molecule has 1 nitrogen and oxygen atoms in total. The van der Waals surface area contributed by atoms with Crippen LogP contribution >= 0.6 is 21.8 Å². The van der Waals surface area contributed by atoms with Gasteiger partial charge in [-0.3, -0.25) is 0 Å². The Morgan fingerprint density at radius 3 is 1.74 bits per heavy atom. The Morgan fingerprint density at radius 2 is 1.31 bits per heavy atom. The highest BCUT2D eigenvalue weighted by atomic mass is 31.2. The number of aryl methyl sites for hydroxylation is 3. The highest BCUT2D eigenvalue weighted by Crippen LogP contribution is 2.60. The normalized spacial score (nSPS) is 15.1. The van der Waals surface area contributed by atoms with Crippen molar-refractivity contribution in [2.45, 2.75) is 54.4 Å². The van der Waals surface area contributed by atoms with Crippen LogP contribution in [0.25, 0.3) is 4.85 Å². The summed E-state index contributed by atoms with van der Waals surface area (Å²) in [6.45, 7) is 33.8. The highest BCUT2D eigenvalue weighted by molar-refractivity contribution is 7.77. The molecule has 4 heteroatoms. The maximum Gasteiger partial charge on any atom is 0.345 e. The van der Waals surface area contributed by atoms with Gasteiger partial charge in [0.15, 0.2) is 0 Å². The van der Waals surface area contributed by atoms with Crippen molar-refractivity contribution in [3.63, 3.8) is 0 Å². The molecule has 0 aliphatic carbocycles. The summed E-state index contributed by atoms with van der Waals surface area (Å²) in [5.74, 6) is 4.27. The number of nitrogens with zero attached hydrogens (tertiary/aromatic N) is 1. The Morgan fingerprint density at radius 1 is 0.829 bits per heavy atom. The van der Waals surface area contributed by atoms with Gasteiger partial charge in [-0.15, -0.1) is 0 Å². The molecule has 0 aromatic heterocycles. The van der Waals surface area contributed by atoms with Crippen LogP contribution in [-0.4, -0.2) is 71.8 Å². The highest BCUT2D eigenvalue weighted by Gasteiger charge is 2.39. The molecule has 0 heterocycles. The number of rotatable bonds is 11. The number of benzene rings is 1. The van der Waals surface area contributed by atoms with Crippen molar-refractivity contribution in [1.29, 1.82) is 0 Å². The van der Waals surface area contributed by atoms with E-state index in [4.69, 9.17) is 4.85 Å². The van der Waals surface area contributed by atoms with Gasteiger partial charge >= 0.3 is 5.69 Å². The van der Waals surface area contributed by atoms with E-state index in [0.717, 1.165) is 30.4 Å². The van der Waals surface area contributed by atoms with Gasteiger partial charge in [-0.25, -0.2) is 0 Å². The van der Waals surface area contributed by atoms with Crippen molar-refractivity contribution in [3.8, 4) is 6.07 Å². The Labute approximate surface area is 222 Å². The zero-order valence-electron chi connectivity index (χ0n) is 25.8. The lowest BCUT2D eigenvalue weighted by atomic mass is 9.84. The molecule has 0 fully saturated rings. The predicted octanol–water partition coefficient (Wildman–Crippen LogP) is 10.2. The van der Waals surface area contributed by atoms with Crippen LogP contribution in [0, 0.1) is 44.1 Å². The van der Waals surface area contributed by atoms with Crippen molar-refractivity contribution in [2.24, 2.45) is 17.3 Å². The third kappa shape index (κ3) is 11.8. The van der Waals surface area contributed by atoms with E-state index < -0.39 is 21.8 Å². The Balaban J connectivity index is 3.25. The van der Waals surface area contributed by atoms with E-state index in [1.54, 1.807) is 0 Å². The van der Waals surface area contributed by atoms with Crippen LogP contribution in [0.1, 0.15) is 50.3 Å². The van der Waals surface area contributed by atoms with Gasteiger partial charge in [0.1, 0.15) is 5.41 Å². The second-order valence-corrected chi connectivity index (χ2v) is 27.9. The van der Waals surface area contributed by atoms with Gasteiger partial charge in [0.25, 0.3) is 6.07 Å². The molecule has 1 aromatic carbocycles. The lowest BCUT2D eigenvalue weighted by Crippen LogP contribution is -2.25. The minimum absolute atomic E-state index is 0.0872. The summed E-state index contributed by atoms with van der Waals surface area (Å²) in [4.78, 5) is 4.96. The first-order valence-electron chi connectivity index (χ1n) is 13.5. The Bertz CT molecular complexity index is 892. The molecule has 0 radical (unpaired) electrons. The third-order valence-electron chi connectivity index (χ3n) is 7.21. The second-order valence-electron chi connectivity index (χ2n) is 13.8. The summed E-state index contributed by atoms with van der Waals surface area (Å²) in [6.07, 6.45) is 8.79. The van der Waals surface area contributed by atoms with Crippen LogP contribution in [0.2, 0.25) is 0 Å². The topological polar surface area (TPSA) is 4.36 Å². The summed E-state index contributed by atoms with van der Waals surface area (Å²) >= 11 is 0. The fourth-order valence-corrected chi connectivity index (χ4v) is 12.0. The molecule has 0 saturated carbocycles. The van der Waals surface area contributed by atoms with Gasteiger partial charge < -0.3 is 0 Å². The summed E-state index contributed by atoms with van der Waals surface area (Å²) in [7, 11) is -2.77. The summed E-state index contributed by atoms with van der Waals surface area (Å²) in [5, 5.41) is 0. The molecule has 0 aliphatic heterocycles. The van der Waals surface area contributed by atoms with Gasteiger partial charge in [0, 0.05) is 78.8 Å². The molecule has 0 spiro atoms. The Kier molecular flexibility index (Phi) is 12.2. The van der Waals surface area contributed by atoms with E-state index in [1.165, 1.54) is 35.2 Å². The van der Waals surface area contributed by atoms with Gasteiger partial charge in [0.2, 0.25) is 0 Å². The van der Waals surface area contributed by atoms with Crippen molar-refractivity contribution < 1.29 is 0 Å². The molecular formula is C31H58NP3+4. The second kappa shape index (κ2) is 13.0. The third-order valence-corrected chi connectivity index (χ3v) is 12.8. The number of allylic oxidation sites excluding steroid dienone is 1. The molecule has 0 amide bonds. The largest absolute Gasteiger partial charge is 0.345 e. The minimum Gasteiger partial charge on any atom is -0.0634 e. The molecule has 35 heavy (non-hydrogen) atoms. The summed E-state index contributed by atoms with van der Waals surface area (Å²) in [5.41, 5.74) is 4.81. The standard InChI is InChI=1S/C31H58NP3/c1-15-31(16-2,24-32-30-26(4)19-25(3)20-27(30)5)17-18-35(13,14)23-29(22-34(10,11)12)28(6)21-33(7,8)9/h17-20,28-29H,15-16,21-23H2,1-14H3/q+4. The molecule has 198 valence electrons. The van der Waals surface area contributed by atoms with E-state index >= 15 is 0 Å². The lowest BCUT2D eigenvalue weighted by molar-refractivity contribution is 0.469. The first kappa shape index (κ1) is 32.8. The number of hydrogen-bond acceptors (Lipinski definition) is 0. The van der Waals surface area contributed by atoms with E-state index in [0.29, 0.717) is 0 Å².